The Morgan fingerprint density at radius 1 is 1.08 bits per heavy atom. The molecule has 1 N–H and O–H groups in total. The predicted octanol–water partition coefficient (Wildman–Crippen LogP) is 4.03. The van der Waals surface area contributed by atoms with Gasteiger partial charge >= 0.3 is 6.18 Å². The molecule has 2 rings (SSSR count). The molecule has 2 aromatic carbocycles. The molecule has 0 bridgehead atoms. The van der Waals surface area contributed by atoms with Gasteiger partial charge in [0.05, 0.1) is 11.3 Å². The van der Waals surface area contributed by atoms with Crippen LogP contribution < -0.4 is 10.2 Å². The van der Waals surface area contributed by atoms with Crippen molar-refractivity contribution in [1.82, 2.24) is 5.32 Å². The summed E-state index contributed by atoms with van der Waals surface area (Å²) < 4.78 is 39.5. The summed E-state index contributed by atoms with van der Waals surface area (Å²) in [5, 5.41) is 3.12. The van der Waals surface area contributed by atoms with Gasteiger partial charge in [0.1, 0.15) is 6.54 Å². The van der Waals surface area contributed by atoms with Crippen LogP contribution in [0.15, 0.2) is 48.5 Å². The molecule has 0 aromatic heterocycles. The Hall–Kier alpha value is -2.54. The number of hydrogen-bond acceptors (Lipinski definition) is 2. The number of carbonyl (C=O) groups is 2. The first-order valence-corrected chi connectivity index (χ1v) is 8.01. The Morgan fingerprint density at radius 2 is 1.69 bits per heavy atom. The highest BCUT2D eigenvalue weighted by molar-refractivity contribution is 6.30. The van der Waals surface area contributed by atoms with Gasteiger partial charge in [-0.25, -0.2) is 0 Å². The molecule has 0 radical (unpaired) electrons. The predicted molar refractivity (Wildman–Crippen MR) is 92.8 cm³/mol. The highest BCUT2D eigenvalue weighted by Gasteiger charge is 2.35. The van der Waals surface area contributed by atoms with Gasteiger partial charge in [0, 0.05) is 18.5 Å². The Morgan fingerprint density at radius 3 is 2.27 bits per heavy atom. The van der Waals surface area contributed by atoms with Gasteiger partial charge in [-0.1, -0.05) is 35.9 Å². The summed E-state index contributed by atoms with van der Waals surface area (Å²) in [6, 6.07) is 11.4. The van der Waals surface area contributed by atoms with E-state index in [-0.39, 0.29) is 12.2 Å². The molecule has 0 aliphatic heterocycles. The fraction of sp³-hybridized carbons (Fsp3) is 0.222. The summed E-state index contributed by atoms with van der Waals surface area (Å²) in [7, 11) is 0. The van der Waals surface area contributed by atoms with Gasteiger partial charge in [-0.15, -0.1) is 0 Å². The zero-order valence-electron chi connectivity index (χ0n) is 13.8. The number of rotatable bonds is 5. The van der Waals surface area contributed by atoms with Gasteiger partial charge in [0.15, 0.2) is 0 Å². The number of halogens is 4. The van der Waals surface area contributed by atoms with E-state index in [0.717, 1.165) is 29.5 Å². The SMILES string of the molecule is CC(=O)N(CC(=O)NCc1ccc(Cl)cc1)c1ccccc1C(F)(F)F. The summed E-state index contributed by atoms with van der Waals surface area (Å²) in [6.45, 7) is 0.762. The van der Waals surface area contributed by atoms with Gasteiger partial charge in [-0.05, 0) is 29.8 Å². The van der Waals surface area contributed by atoms with Crippen molar-refractivity contribution in [3.63, 3.8) is 0 Å². The molecule has 138 valence electrons. The Balaban J connectivity index is 2.12. The molecule has 0 aliphatic carbocycles. The highest BCUT2D eigenvalue weighted by atomic mass is 35.5. The average Bonchev–Trinajstić information content (AvgIpc) is 2.58. The first kappa shape index (κ1) is 19.8. The van der Waals surface area contributed by atoms with E-state index >= 15 is 0 Å². The minimum atomic E-state index is -4.63. The molecule has 0 fully saturated rings. The van der Waals surface area contributed by atoms with Crippen LogP contribution in [0.2, 0.25) is 5.02 Å². The molecule has 4 nitrogen and oxygen atoms in total. The number of anilines is 1. The summed E-state index contributed by atoms with van der Waals surface area (Å²) in [5.74, 6) is -1.24. The van der Waals surface area contributed by atoms with E-state index in [0.29, 0.717) is 5.02 Å². The molecule has 0 heterocycles. The number of amides is 2. The highest BCUT2D eigenvalue weighted by Crippen LogP contribution is 2.36. The minimum absolute atomic E-state index is 0.169. The first-order chi connectivity index (χ1) is 12.2. The maximum atomic E-state index is 13.2. The van der Waals surface area contributed by atoms with Crippen molar-refractivity contribution < 1.29 is 22.8 Å². The Labute approximate surface area is 153 Å². The molecule has 0 unspecified atom stereocenters. The van der Waals surface area contributed by atoms with Gasteiger partial charge in [0.2, 0.25) is 11.8 Å². The third-order valence-electron chi connectivity index (χ3n) is 3.59. The van der Waals surface area contributed by atoms with Crippen LogP contribution in [0.1, 0.15) is 18.1 Å². The second kappa shape index (κ2) is 8.23. The molecule has 0 atom stereocenters. The van der Waals surface area contributed by atoms with E-state index in [9.17, 15) is 22.8 Å². The zero-order valence-corrected chi connectivity index (χ0v) is 14.6. The second-order valence-corrected chi connectivity index (χ2v) is 5.96. The van der Waals surface area contributed by atoms with Crippen molar-refractivity contribution in [3.05, 3.63) is 64.7 Å². The third-order valence-corrected chi connectivity index (χ3v) is 3.84. The number of benzene rings is 2. The van der Waals surface area contributed by atoms with Crippen molar-refractivity contribution in [3.8, 4) is 0 Å². The largest absolute Gasteiger partial charge is 0.418 e. The normalized spacial score (nSPS) is 11.1. The lowest BCUT2D eigenvalue weighted by Crippen LogP contribution is -2.40. The van der Waals surface area contributed by atoms with E-state index in [1.807, 2.05) is 0 Å². The lowest BCUT2D eigenvalue weighted by molar-refractivity contribution is -0.137. The molecule has 2 amide bonds. The molecule has 8 heteroatoms. The third kappa shape index (κ3) is 5.23. The quantitative estimate of drug-likeness (QED) is 0.846. The van der Waals surface area contributed by atoms with Gasteiger partial charge in [-0.3, -0.25) is 9.59 Å². The van der Waals surface area contributed by atoms with Crippen molar-refractivity contribution in [2.75, 3.05) is 11.4 Å². The Kier molecular flexibility index (Phi) is 6.26. The first-order valence-electron chi connectivity index (χ1n) is 7.64. The van der Waals surface area contributed by atoms with Crippen molar-refractivity contribution in [2.24, 2.45) is 0 Å². The van der Waals surface area contributed by atoms with Crippen LogP contribution in [0.4, 0.5) is 18.9 Å². The summed E-state index contributed by atoms with van der Waals surface area (Å²) in [5.41, 5.74) is -0.553. The van der Waals surface area contributed by atoms with Crippen LogP contribution >= 0.6 is 11.6 Å². The number of hydrogen-bond donors (Lipinski definition) is 1. The molecule has 0 aliphatic rings. The summed E-state index contributed by atoms with van der Waals surface area (Å²) in [4.78, 5) is 24.8. The monoisotopic (exact) mass is 384 g/mol. The lowest BCUT2D eigenvalue weighted by atomic mass is 10.1. The van der Waals surface area contributed by atoms with Crippen LogP contribution in [0.3, 0.4) is 0 Å². The topological polar surface area (TPSA) is 49.4 Å². The van der Waals surface area contributed by atoms with Crippen LogP contribution in [-0.4, -0.2) is 18.4 Å². The van der Waals surface area contributed by atoms with E-state index in [4.69, 9.17) is 11.6 Å². The zero-order chi connectivity index (χ0) is 19.3. The Bertz CT molecular complexity index is 792. The molecular weight excluding hydrogens is 369 g/mol. The van der Waals surface area contributed by atoms with E-state index in [1.54, 1.807) is 24.3 Å². The maximum absolute atomic E-state index is 13.2. The van der Waals surface area contributed by atoms with Crippen molar-refractivity contribution in [1.29, 1.82) is 0 Å². The minimum Gasteiger partial charge on any atom is -0.350 e. The van der Waals surface area contributed by atoms with Gasteiger partial charge in [0.25, 0.3) is 0 Å². The van der Waals surface area contributed by atoms with Crippen molar-refractivity contribution >= 4 is 29.1 Å². The van der Waals surface area contributed by atoms with E-state index < -0.39 is 30.1 Å². The molecule has 0 saturated carbocycles. The second-order valence-electron chi connectivity index (χ2n) is 5.52. The average molecular weight is 385 g/mol. The number of carbonyl (C=O) groups excluding carboxylic acids is 2. The number of alkyl halides is 3. The summed E-state index contributed by atoms with van der Waals surface area (Å²) in [6.07, 6.45) is -4.63. The standard InChI is InChI=1S/C18H16ClF3N2O2/c1-12(25)24(16-5-3-2-4-15(16)18(20,21)22)11-17(26)23-10-13-6-8-14(19)9-7-13/h2-9H,10-11H2,1H3,(H,23,26). The molecule has 26 heavy (non-hydrogen) atoms. The lowest BCUT2D eigenvalue weighted by Gasteiger charge is -2.24. The number of nitrogens with one attached hydrogen (secondary N) is 1. The molecule has 0 saturated heterocycles. The molecule has 0 spiro atoms. The van der Waals surface area contributed by atoms with Crippen LogP contribution in [0.25, 0.3) is 0 Å². The molecule has 2 aromatic rings. The van der Waals surface area contributed by atoms with Gasteiger partial charge in [-0.2, -0.15) is 13.2 Å². The fourth-order valence-electron chi connectivity index (χ4n) is 2.32. The maximum Gasteiger partial charge on any atom is 0.418 e. The van der Waals surface area contributed by atoms with E-state index in [1.165, 1.54) is 12.1 Å². The summed E-state index contributed by atoms with van der Waals surface area (Å²) >= 11 is 5.77. The smallest absolute Gasteiger partial charge is 0.350 e. The number of para-hydroxylation sites is 1. The number of nitrogens with zero attached hydrogens (tertiary/aromatic N) is 1. The van der Waals surface area contributed by atoms with Gasteiger partial charge < -0.3 is 10.2 Å². The van der Waals surface area contributed by atoms with E-state index in [2.05, 4.69) is 5.32 Å². The van der Waals surface area contributed by atoms with Crippen molar-refractivity contribution in [2.45, 2.75) is 19.6 Å². The van der Waals surface area contributed by atoms with Crippen LogP contribution in [-0.2, 0) is 22.3 Å². The van der Waals surface area contributed by atoms with Crippen LogP contribution in [0.5, 0.6) is 0 Å². The van der Waals surface area contributed by atoms with Crippen LogP contribution in [0, 0.1) is 0 Å². The fourth-order valence-corrected chi connectivity index (χ4v) is 2.44. The molecular formula is C18H16ClF3N2O2.